The molecule has 1 aliphatic carbocycles. The molecule has 0 aromatic rings. The lowest BCUT2D eigenvalue weighted by Gasteiger charge is -2.26. The second kappa shape index (κ2) is 7.65. The van der Waals surface area contributed by atoms with E-state index in [1.807, 2.05) is 0 Å². The summed E-state index contributed by atoms with van der Waals surface area (Å²) in [4.78, 5) is 11.4. The first-order valence-electron chi connectivity index (χ1n) is 6.96. The van der Waals surface area contributed by atoms with Crippen LogP contribution in [0.15, 0.2) is 12.2 Å². The van der Waals surface area contributed by atoms with Gasteiger partial charge in [-0.25, -0.2) is 0 Å². The standard InChI is InChI=1S/C15H26O/c1-3-8-15(16)12-7-11-14-10-6-5-9-13(14)4-2/h6,10,13-14H,3-5,7-9,11-12H2,1-2H3. The molecule has 0 aliphatic heterocycles. The van der Waals surface area contributed by atoms with Crippen molar-refractivity contribution in [3.05, 3.63) is 12.2 Å². The molecule has 2 atom stereocenters. The molecule has 0 N–H and O–H groups in total. The van der Waals surface area contributed by atoms with Crippen LogP contribution in [0.2, 0.25) is 0 Å². The van der Waals surface area contributed by atoms with E-state index in [0.29, 0.717) is 5.78 Å². The van der Waals surface area contributed by atoms with Crippen molar-refractivity contribution in [2.45, 2.75) is 65.2 Å². The maximum absolute atomic E-state index is 11.4. The Labute approximate surface area is 100 Å². The van der Waals surface area contributed by atoms with Gasteiger partial charge in [-0.1, -0.05) is 32.4 Å². The van der Waals surface area contributed by atoms with Crippen LogP contribution in [-0.2, 0) is 4.79 Å². The first-order valence-corrected chi connectivity index (χ1v) is 6.96. The Morgan fingerprint density at radius 3 is 2.81 bits per heavy atom. The number of Topliss-reactive ketones (excluding diaryl/α,β-unsaturated/α-hetero) is 1. The highest BCUT2D eigenvalue weighted by Gasteiger charge is 2.19. The topological polar surface area (TPSA) is 17.1 Å². The van der Waals surface area contributed by atoms with Crippen molar-refractivity contribution >= 4 is 5.78 Å². The van der Waals surface area contributed by atoms with Gasteiger partial charge in [-0.3, -0.25) is 4.79 Å². The van der Waals surface area contributed by atoms with Gasteiger partial charge in [0.05, 0.1) is 0 Å². The molecule has 0 aromatic heterocycles. The summed E-state index contributed by atoms with van der Waals surface area (Å²) in [6, 6.07) is 0. The average Bonchev–Trinajstić information content (AvgIpc) is 2.30. The van der Waals surface area contributed by atoms with Gasteiger partial charge in [0.1, 0.15) is 5.78 Å². The highest BCUT2D eigenvalue weighted by molar-refractivity contribution is 5.78. The van der Waals surface area contributed by atoms with Gasteiger partial charge in [-0.15, -0.1) is 0 Å². The van der Waals surface area contributed by atoms with E-state index < -0.39 is 0 Å². The minimum atomic E-state index is 0.454. The van der Waals surface area contributed by atoms with Gasteiger partial charge in [-0.05, 0) is 43.9 Å². The Kier molecular flexibility index (Phi) is 6.44. The molecule has 1 aliphatic rings. The summed E-state index contributed by atoms with van der Waals surface area (Å²) in [6.45, 7) is 4.37. The molecule has 0 aromatic carbocycles. The summed E-state index contributed by atoms with van der Waals surface area (Å²) in [5.74, 6) is 2.06. The number of hydrogen-bond donors (Lipinski definition) is 0. The molecule has 0 radical (unpaired) electrons. The van der Waals surface area contributed by atoms with Crippen LogP contribution in [-0.4, -0.2) is 5.78 Å². The number of rotatable bonds is 7. The van der Waals surface area contributed by atoms with Crippen molar-refractivity contribution in [2.75, 3.05) is 0 Å². The number of allylic oxidation sites excluding steroid dienone is 2. The minimum absolute atomic E-state index is 0.454. The third-order valence-corrected chi connectivity index (χ3v) is 3.74. The van der Waals surface area contributed by atoms with Crippen molar-refractivity contribution in [1.82, 2.24) is 0 Å². The lowest BCUT2D eigenvalue weighted by atomic mass is 9.79. The molecule has 0 bridgehead atoms. The van der Waals surface area contributed by atoms with Gasteiger partial charge in [0, 0.05) is 12.8 Å². The SMILES string of the molecule is CCCC(=O)CCCC1C=CCCC1CC. The predicted octanol–water partition coefficient (Wildman–Crippen LogP) is 4.52. The van der Waals surface area contributed by atoms with Crippen LogP contribution < -0.4 is 0 Å². The number of carbonyl (C=O) groups excluding carboxylic acids is 1. The normalized spacial score (nSPS) is 24.6. The summed E-state index contributed by atoms with van der Waals surface area (Å²) in [5.41, 5.74) is 0. The van der Waals surface area contributed by atoms with Crippen LogP contribution in [0.3, 0.4) is 0 Å². The van der Waals surface area contributed by atoms with E-state index in [0.717, 1.165) is 37.5 Å². The third-order valence-electron chi connectivity index (χ3n) is 3.74. The fourth-order valence-electron chi connectivity index (χ4n) is 2.73. The maximum Gasteiger partial charge on any atom is 0.132 e. The smallest absolute Gasteiger partial charge is 0.132 e. The van der Waals surface area contributed by atoms with Gasteiger partial charge in [0.25, 0.3) is 0 Å². The second-order valence-electron chi connectivity index (χ2n) is 5.02. The maximum atomic E-state index is 11.4. The van der Waals surface area contributed by atoms with Crippen LogP contribution in [0.25, 0.3) is 0 Å². The first-order chi connectivity index (χ1) is 7.77. The Morgan fingerprint density at radius 1 is 1.31 bits per heavy atom. The van der Waals surface area contributed by atoms with E-state index in [9.17, 15) is 4.79 Å². The van der Waals surface area contributed by atoms with Crippen molar-refractivity contribution in [3.63, 3.8) is 0 Å². The molecular weight excluding hydrogens is 196 g/mol. The largest absolute Gasteiger partial charge is 0.300 e. The second-order valence-corrected chi connectivity index (χ2v) is 5.02. The van der Waals surface area contributed by atoms with Crippen molar-refractivity contribution in [3.8, 4) is 0 Å². The Bertz CT molecular complexity index is 230. The molecule has 1 nitrogen and oxygen atoms in total. The molecule has 2 unspecified atom stereocenters. The van der Waals surface area contributed by atoms with E-state index in [1.165, 1.54) is 25.7 Å². The molecule has 0 saturated heterocycles. The fraction of sp³-hybridized carbons (Fsp3) is 0.800. The fourth-order valence-corrected chi connectivity index (χ4v) is 2.73. The summed E-state index contributed by atoms with van der Waals surface area (Å²) in [5, 5.41) is 0. The molecule has 0 saturated carbocycles. The highest BCUT2D eigenvalue weighted by atomic mass is 16.1. The van der Waals surface area contributed by atoms with Gasteiger partial charge in [0.15, 0.2) is 0 Å². The Balaban J connectivity index is 2.22. The zero-order valence-electron chi connectivity index (χ0n) is 10.9. The molecule has 16 heavy (non-hydrogen) atoms. The Hall–Kier alpha value is -0.590. The summed E-state index contributed by atoms with van der Waals surface area (Å²) >= 11 is 0. The number of hydrogen-bond acceptors (Lipinski definition) is 1. The summed E-state index contributed by atoms with van der Waals surface area (Å²) < 4.78 is 0. The number of ketones is 1. The average molecular weight is 222 g/mol. The molecule has 0 amide bonds. The van der Waals surface area contributed by atoms with Crippen LogP contribution in [0.1, 0.15) is 65.2 Å². The zero-order valence-corrected chi connectivity index (χ0v) is 10.9. The first kappa shape index (κ1) is 13.5. The monoisotopic (exact) mass is 222 g/mol. The van der Waals surface area contributed by atoms with E-state index >= 15 is 0 Å². The Morgan fingerprint density at radius 2 is 2.12 bits per heavy atom. The van der Waals surface area contributed by atoms with Crippen molar-refractivity contribution in [2.24, 2.45) is 11.8 Å². The van der Waals surface area contributed by atoms with Gasteiger partial charge >= 0.3 is 0 Å². The van der Waals surface area contributed by atoms with Crippen LogP contribution >= 0.6 is 0 Å². The van der Waals surface area contributed by atoms with Crippen LogP contribution in [0, 0.1) is 11.8 Å². The van der Waals surface area contributed by atoms with Crippen molar-refractivity contribution in [1.29, 1.82) is 0 Å². The summed E-state index contributed by atoms with van der Waals surface area (Å²) in [7, 11) is 0. The van der Waals surface area contributed by atoms with Crippen molar-refractivity contribution < 1.29 is 4.79 Å². The number of carbonyl (C=O) groups is 1. The van der Waals surface area contributed by atoms with Gasteiger partial charge in [0.2, 0.25) is 0 Å². The molecule has 1 heteroatoms. The lowest BCUT2D eigenvalue weighted by molar-refractivity contribution is -0.119. The van der Waals surface area contributed by atoms with E-state index in [1.54, 1.807) is 0 Å². The van der Waals surface area contributed by atoms with E-state index in [-0.39, 0.29) is 0 Å². The lowest BCUT2D eigenvalue weighted by Crippen LogP contribution is -2.15. The zero-order chi connectivity index (χ0) is 11.8. The third kappa shape index (κ3) is 4.51. The molecule has 0 spiro atoms. The summed E-state index contributed by atoms with van der Waals surface area (Å²) in [6.07, 6.45) is 13.5. The molecular formula is C15H26O. The molecule has 0 heterocycles. The van der Waals surface area contributed by atoms with Crippen LogP contribution in [0.4, 0.5) is 0 Å². The van der Waals surface area contributed by atoms with Gasteiger partial charge < -0.3 is 0 Å². The van der Waals surface area contributed by atoms with Gasteiger partial charge in [-0.2, -0.15) is 0 Å². The minimum Gasteiger partial charge on any atom is -0.300 e. The molecule has 92 valence electrons. The van der Waals surface area contributed by atoms with E-state index in [2.05, 4.69) is 26.0 Å². The van der Waals surface area contributed by atoms with E-state index in [4.69, 9.17) is 0 Å². The quantitative estimate of drug-likeness (QED) is 0.579. The molecule has 1 rings (SSSR count). The van der Waals surface area contributed by atoms with Crippen LogP contribution in [0.5, 0.6) is 0 Å². The predicted molar refractivity (Wildman–Crippen MR) is 69.4 cm³/mol. The highest BCUT2D eigenvalue weighted by Crippen LogP contribution is 2.31. The molecule has 0 fully saturated rings.